The van der Waals surface area contributed by atoms with Crippen molar-refractivity contribution in [2.45, 2.75) is 52.3 Å². The van der Waals surface area contributed by atoms with Crippen LogP contribution in [0.2, 0.25) is 10.0 Å². The van der Waals surface area contributed by atoms with Gasteiger partial charge in [0.1, 0.15) is 0 Å². The van der Waals surface area contributed by atoms with Crippen molar-refractivity contribution < 1.29 is 5.11 Å². The third-order valence-corrected chi connectivity index (χ3v) is 7.32. The maximum atomic E-state index is 9.34. The van der Waals surface area contributed by atoms with Gasteiger partial charge in [-0.1, -0.05) is 54.4 Å². The number of hydrogen-bond donors (Lipinski definition) is 1. The van der Waals surface area contributed by atoms with E-state index < -0.39 is 0 Å². The lowest BCUT2D eigenvalue weighted by molar-refractivity contribution is 0.282. The highest BCUT2D eigenvalue weighted by Crippen LogP contribution is 2.42. The van der Waals surface area contributed by atoms with Crippen LogP contribution in [0.15, 0.2) is 42.5 Å². The minimum Gasteiger partial charge on any atom is -0.392 e. The molecule has 158 valence electrons. The Hall–Kier alpha value is -1.59. The van der Waals surface area contributed by atoms with Crippen molar-refractivity contribution in [3.63, 3.8) is 0 Å². The molecule has 3 aromatic rings. The van der Waals surface area contributed by atoms with Gasteiger partial charge in [-0.3, -0.25) is 0 Å². The number of hydrogen-bond acceptors (Lipinski definition) is 4. The zero-order chi connectivity index (χ0) is 21.3. The quantitative estimate of drug-likeness (QED) is 0.388. The van der Waals surface area contributed by atoms with E-state index in [1.807, 2.05) is 24.3 Å². The van der Waals surface area contributed by atoms with Gasteiger partial charge in [0.05, 0.1) is 17.3 Å². The molecule has 30 heavy (non-hydrogen) atoms. The van der Waals surface area contributed by atoms with E-state index in [4.69, 9.17) is 28.2 Å². The lowest BCUT2D eigenvalue weighted by atomic mass is 10.1. The number of thiazole rings is 1. The molecule has 0 aliphatic heterocycles. The second-order valence-electron chi connectivity index (χ2n) is 7.94. The van der Waals surface area contributed by atoms with Gasteiger partial charge >= 0.3 is 0 Å². The second kappa shape index (κ2) is 9.27. The Balaban J connectivity index is 1.69. The van der Waals surface area contributed by atoms with Crippen LogP contribution in [-0.2, 0) is 13.2 Å². The SMILES string of the molecule is CCC(C1CC1)N(Cc1ccc(CO)cc1)c1nc(-c2ccc(Cl)cc2Cl)c(C)s1. The molecule has 0 bridgehead atoms. The molecule has 1 aliphatic rings. The average Bonchev–Trinajstić information content (AvgIpc) is 3.50. The summed E-state index contributed by atoms with van der Waals surface area (Å²) in [4.78, 5) is 8.68. The van der Waals surface area contributed by atoms with Crippen LogP contribution in [0.25, 0.3) is 11.3 Å². The number of aliphatic hydroxyl groups excluding tert-OH is 1. The molecular weight excluding hydrogens is 435 g/mol. The Kier molecular flexibility index (Phi) is 6.69. The summed E-state index contributed by atoms with van der Waals surface area (Å²) in [5.41, 5.74) is 4.02. The van der Waals surface area contributed by atoms with E-state index >= 15 is 0 Å². The van der Waals surface area contributed by atoms with Crippen LogP contribution < -0.4 is 4.90 Å². The van der Waals surface area contributed by atoms with Crippen LogP contribution in [0, 0.1) is 12.8 Å². The molecule has 1 saturated carbocycles. The normalized spacial score (nSPS) is 14.7. The van der Waals surface area contributed by atoms with Crippen molar-refractivity contribution in [2.24, 2.45) is 5.92 Å². The molecule has 0 radical (unpaired) electrons. The summed E-state index contributed by atoms with van der Waals surface area (Å²) in [6, 6.07) is 14.3. The molecule has 0 saturated heterocycles. The number of halogens is 2. The number of nitrogens with zero attached hydrogens (tertiary/aromatic N) is 2. The van der Waals surface area contributed by atoms with Gasteiger partial charge in [0.2, 0.25) is 0 Å². The number of aromatic nitrogens is 1. The maximum absolute atomic E-state index is 9.34. The van der Waals surface area contributed by atoms with Crippen LogP contribution in [0.3, 0.4) is 0 Å². The summed E-state index contributed by atoms with van der Waals surface area (Å²) in [6.07, 6.45) is 3.67. The van der Waals surface area contributed by atoms with E-state index in [1.165, 1.54) is 18.4 Å². The summed E-state index contributed by atoms with van der Waals surface area (Å²) in [7, 11) is 0. The van der Waals surface area contributed by atoms with E-state index in [2.05, 4.69) is 30.9 Å². The number of anilines is 1. The van der Waals surface area contributed by atoms with Crippen LogP contribution >= 0.6 is 34.5 Å². The fourth-order valence-corrected chi connectivity index (χ4v) is 5.48. The Morgan fingerprint density at radius 3 is 2.43 bits per heavy atom. The van der Waals surface area contributed by atoms with E-state index in [0.29, 0.717) is 16.1 Å². The van der Waals surface area contributed by atoms with Gasteiger partial charge in [-0.15, -0.1) is 11.3 Å². The van der Waals surface area contributed by atoms with Gasteiger partial charge in [-0.05, 0) is 61.4 Å². The zero-order valence-electron chi connectivity index (χ0n) is 17.2. The van der Waals surface area contributed by atoms with E-state index in [9.17, 15) is 5.11 Å². The van der Waals surface area contributed by atoms with Crippen LogP contribution in [0.1, 0.15) is 42.2 Å². The first-order valence-electron chi connectivity index (χ1n) is 10.4. The minimum absolute atomic E-state index is 0.0700. The Labute approximate surface area is 192 Å². The summed E-state index contributed by atoms with van der Waals surface area (Å²) in [5.74, 6) is 0.735. The molecule has 3 nitrogen and oxygen atoms in total. The maximum Gasteiger partial charge on any atom is 0.186 e. The topological polar surface area (TPSA) is 36.4 Å². The van der Waals surface area contributed by atoms with Gasteiger partial charge < -0.3 is 10.0 Å². The summed E-state index contributed by atoms with van der Waals surface area (Å²) >= 11 is 14.3. The molecule has 1 N–H and O–H groups in total. The second-order valence-corrected chi connectivity index (χ2v) is 9.97. The number of aliphatic hydroxyl groups is 1. The highest BCUT2D eigenvalue weighted by molar-refractivity contribution is 7.16. The third-order valence-electron chi connectivity index (χ3n) is 5.76. The average molecular weight is 461 g/mol. The van der Waals surface area contributed by atoms with Gasteiger partial charge in [0.15, 0.2) is 5.13 Å². The zero-order valence-corrected chi connectivity index (χ0v) is 19.6. The monoisotopic (exact) mass is 460 g/mol. The lowest BCUT2D eigenvalue weighted by Gasteiger charge is -2.31. The Morgan fingerprint density at radius 1 is 1.13 bits per heavy atom. The van der Waals surface area contributed by atoms with E-state index in [0.717, 1.165) is 45.7 Å². The standard InChI is InChI=1S/C24H26Cl2N2OS/c1-3-22(18-8-9-18)28(13-16-4-6-17(14-29)7-5-16)24-27-23(15(2)30-24)20-11-10-19(25)12-21(20)26/h4-7,10-12,18,22,29H,3,8-9,13-14H2,1-2H3. The summed E-state index contributed by atoms with van der Waals surface area (Å²) in [5, 5.41) is 11.6. The van der Waals surface area contributed by atoms with Crippen LogP contribution in [-0.4, -0.2) is 16.1 Å². The molecule has 1 aromatic heterocycles. The Morgan fingerprint density at radius 2 is 1.83 bits per heavy atom. The molecule has 4 rings (SSSR count). The van der Waals surface area contributed by atoms with Crippen molar-refractivity contribution in [2.75, 3.05) is 4.90 Å². The van der Waals surface area contributed by atoms with Gasteiger partial charge in [0, 0.05) is 28.0 Å². The molecule has 6 heteroatoms. The van der Waals surface area contributed by atoms with Gasteiger partial charge in [-0.25, -0.2) is 4.98 Å². The first-order valence-corrected chi connectivity index (χ1v) is 12.0. The predicted molar refractivity (Wildman–Crippen MR) is 128 cm³/mol. The molecule has 0 spiro atoms. The highest BCUT2D eigenvalue weighted by atomic mass is 35.5. The first-order chi connectivity index (χ1) is 14.5. The van der Waals surface area contributed by atoms with Crippen molar-refractivity contribution in [1.82, 2.24) is 4.98 Å². The third kappa shape index (κ3) is 4.67. The highest BCUT2D eigenvalue weighted by Gasteiger charge is 2.35. The van der Waals surface area contributed by atoms with E-state index in [1.54, 1.807) is 17.4 Å². The number of benzene rings is 2. The van der Waals surface area contributed by atoms with Crippen molar-refractivity contribution in [1.29, 1.82) is 0 Å². The largest absolute Gasteiger partial charge is 0.392 e. The molecule has 1 fully saturated rings. The van der Waals surface area contributed by atoms with Crippen LogP contribution in [0.4, 0.5) is 5.13 Å². The van der Waals surface area contributed by atoms with Gasteiger partial charge in [0.25, 0.3) is 0 Å². The molecular formula is C24H26Cl2N2OS. The fourth-order valence-electron chi connectivity index (χ4n) is 4.00. The lowest BCUT2D eigenvalue weighted by Crippen LogP contribution is -2.36. The number of rotatable bonds is 8. The molecule has 1 heterocycles. The van der Waals surface area contributed by atoms with Gasteiger partial charge in [-0.2, -0.15) is 0 Å². The fraction of sp³-hybridized carbons (Fsp3) is 0.375. The summed E-state index contributed by atoms with van der Waals surface area (Å²) in [6.45, 7) is 5.25. The molecule has 1 atom stereocenters. The Bertz CT molecular complexity index is 1010. The van der Waals surface area contributed by atoms with Crippen LogP contribution in [0.5, 0.6) is 0 Å². The molecule has 2 aromatic carbocycles. The van der Waals surface area contributed by atoms with Crippen molar-refractivity contribution in [3.8, 4) is 11.3 Å². The smallest absolute Gasteiger partial charge is 0.186 e. The number of aryl methyl sites for hydroxylation is 1. The first kappa shape index (κ1) is 21.6. The predicted octanol–water partition coefficient (Wildman–Crippen LogP) is 7.11. The molecule has 1 unspecified atom stereocenters. The van der Waals surface area contributed by atoms with E-state index in [-0.39, 0.29) is 6.61 Å². The summed E-state index contributed by atoms with van der Waals surface area (Å²) < 4.78 is 0. The molecule has 1 aliphatic carbocycles. The van der Waals surface area contributed by atoms with Crippen molar-refractivity contribution in [3.05, 3.63) is 68.5 Å². The minimum atomic E-state index is 0.0700. The molecule has 0 amide bonds. The van der Waals surface area contributed by atoms with Crippen molar-refractivity contribution >= 4 is 39.7 Å².